The molecule has 3 heteroatoms. The molecule has 0 aromatic heterocycles. The number of hydrogen-bond donors (Lipinski definition) is 0. The smallest absolute Gasteiger partial charge is 0.222 e. The molecule has 2 unspecified atom stereocenters. The first kappa shape index (κ1) is 13.4. The van der Waals surface area contributed by atoms with Crippen LogP contribution in [-0.4, -0.2) is 47.9 Å². The van der Waals surface area contributed by atoms with Gasteiger partial charge in [0.25, 0.3) is 0 Å². The standard InChI is InChI=1S/C16H28N2O/c1-13-3-2-9-17(11-13)15-6-7-16(19)18(10-8-15)12-14-4-5-14/h13-15H,2-12H2,1H3. The Morgan fingerprint density at radius 2 is 1.95 bits per heavy atom. The van der Waals surface area contributed by atoms with Gasteiger partial charge in [-0.2, -0.15) is 0 Å². The second kappa shape index (κ2) is 5.82. The highest BCUT2D eigenvalue weighted by molar-refractivity contribution is 5.76. The number of piperidine rings is 1. The Hall–Kier alpha value is -0.570. The number of amides is 1. The molecule has 19 heavy (non-hydrogen) atoms. The maximum atomic E-state index is 12.2. The van der Waals surface area contributed by atoms with Crippen LogP contribution >= 0.6 is 0 Å². The molecule has 3 nitrogen and oxygen atoms in total. The fraction of sp³-hybridized carbons (Fsp3) is 0.938. The van der Waals surface area contributed by atoms with Crippen LogP contribution in [0.1, 0.15) is 51.9 Å². The molecule has 3 aliphatic rings. The van der Waals surface area contributed by atoms with Gasteiger partial charge in [-0.3, -0.25) is 4.79 Å². The van der Waals surface area contributed by atoms with Crippen molar-refractivity contribution < 1.29 is 4.79 Å². The molecule has 2 atom stereocenters. The molecule has 0 spiro atoms. The molecule has 0 aromatic carbocycles. The third-order valence-electron chi connectivity index (χ3n) is 5.16. The van der Waals surface area contributed by atoms with Crippen molar-refractivity contribution in [3.05, 3.63) is 0 Å². The second-order valence-electron chi connectivity index (χ2n) is 7.01. The van der Waals surface area contributed by atoms with E-state index in [9.17, 15) is 4.79 Å². The minimum absolute atomic E-state index is 0.416. The molecule has 2 aliphatic heterocycles. The normalized spacial score (nSPS) is 34.4. The number of hydrogen-bond acceptors (Lipinski definition) is 2. The van der Waals surface area contributed by atoms with Crippen molar-refractivity contribution in [1.29, 1.82) is 0 Å². The highest BCUT2D eigenvalue weighted by atomic mass is 16.2. The summed E-state index contributed by atoms with van der Waals surface area (Å²) in [4.78, 5) is 17.0. The van der Waals surface area contributed by atoms with E-state index in [2.05, 4.69) is 16.7 Å². The molecular weight excluding hydrogens is 236 g/mol. The molecule has 1 amide bonds. The lowest BCUT2D eigenvalue weighted by atomic mass is 9.96. The first-order chi connectivity index (χ1) is 9.22. The van der Waals surface area contributed by atoms with Gasteiger partial charge >= 0.3 is 0 Å². The van der Waals surface area contributed by atoms with Gasteiger partial charge in [0, 0.05) is 32.1 Å². The van der Waals surface area contributed by atoms with E-state index in [4.69, 9.17) is 0 Å². The van der Waals surface area contributed by atoms with E-state index >= 15 is 0 Å². The predicted molar refractivity (Wildman–Crippen MR) is 76.9 cm³/mol. The maximum absolute atomic E-state index is 12.2. The van der Waals surface area contributed by atoms with Crippen LogP contribution in [0, 0.1) is 11.8 Å². The molecule has 0 radical (unpaired) electrons. The lowest BCUT2D eigenvalue weighted by Crippen LogP contribution is -2.42. The molecule has 0 bridgehead atoms. The van der Waals surface area contributed by atoms with Crippen LogP contribution in [0.4, 0.5) is 0 Å². The maximum Gasteiger partial charge on any atom is 0.222 e. The summed E-state index contributed by atoms with van der Waals surface area (Å²) in [6.45, 7) is 6.92. The van der Waals surface area contributed by atoms with E-state index in [1.54, 1.807) is 0 Å². The van der Waals surface area contributed by atoms with Gasteiger partial charge in [-0.25, -0.2) is 0 Å². The third-order valence-corrected chi connectivity index (χ3v) is 5.16. The summed E-state index contributed by atoms with van der Waals surface area (Å²) < 4.78 is 0. The molecule has 108 valence electrons. The van der Waals surface area contributed by atoms with Gasteiger partial charge in [0.2, 0.25) is 5.91 Å². The van der Waals surface area contributed by atoms with Gasteiger partial charge in [0.15, 0.2) is 0 Å². The zero-order valence-corrected chi connectivity index (χ0v) is 12.3. The molecular formula is C16H28N2O. The third kappa shape index (κ3) is 3.50. The summed E-state index contributed by atoms with van der Waals surface area (Å²) in [6, 6.07) is 0.663. The lowest BCUT2D eigenvalue weighted by Gasteiger charge is -2.37. The van der Waals surface area contributed by atoms with E-state index in [1.165, 1.54) is 45.2 Å². The van der Waals surface area contributed by atoms with Gasteiger partial charge in [-0.1, -0.05) is 6.92 Å². The number of carbonyl (C=O) groups is 1. The van der Waals surface area contributed by atoms with Crippen LogP contribution in [0.15, 0.2) is 0 Å². The highest BCUT2D eigenvalue weighted by Gasteiger charge is 2.31. The zero-order valence-electron chi connectivity index (χ0n) is 12.3. The Labute approximate surface area is 117 Å². The van der Waals surface area contributed by atoms with Gasteiger partial charge < -0.3 is 9.80 Å². The van der Waals surface area contributed by atoms with Crippen molar-refractivity contribution in [3.63, 3.8) is 0 Å². The second-order valence-corrected chi connectivity index (χ2v) is 7.01. The topological polar surface area (TPSA) is 23.6 Å². The molecule has 3 rings (SSSR count). The Kier molecular flexibility index (Phi) is 4.11. The Bertz CT molecular complexity index is 327. The average Bonchev–Trinajstić information content (AvgIpc) is 3.21. The molecule has 1 saturated carbocycles. The van der Waals surface area contributed by atoms with E-state index < -0.39 is 0 Å². The van der Waals surface area contributed by atoms with E-state index in [0.29, 0.717) is 11.9 Å². The van der Waals surface area contributed by atoms with Crippen LogP contribution in [0.5, 0.6) is 0 Å². The van der Waals surface area contributed by atoms with Crippen molar-refractivity contribution in [3.8, 4) is 0 Å². The van der Waals surface area contributed by atoms with E-state index in [-0.39, 0.29) is 0 Å². The lowest BCUT2D eigenvalue weighted by molar-refractivity contribution is -0.130. The van der Waals surface area contributed by atoms with Gasteiger partial charge in [-0.05, 0) is 56.9 Å². The summed E-state index contributed by atoms with van der Waals surface area (Å²) in [5.74, 6) is 2.09. The van der Waals surface area contributed by atoms with Crippen molar-refractivity contribution in [2.24, 2.45) is 11.8 Å². The number of nitrogens with zero attached hydrogens (tertiary/aromatic N) is 2. The van der Waals surface area contributed by atoms with Crippen molar-refractivity contribution in [2.45, 2.75) is 57.9 Å². The van der Waals surface area contributed by atoms with Crippen LogP contribution in [-0.2, 0) is 4.79 Å². The Balaban J connectivity index is 1.54. The first-order valence-electron chi connectivity index (χ1n) is 8.24. The van der Waals surface area contributed by atoms with Crippen LogP contribution in [0.25, 0.3) is 0 Å². The van der Waals surface area contributed by atoms with Crippen LogP contribution in [0.3, 0.4) is 0 Å². The summed E-state index contributed by atoms with van der Waals surface area (Å²) >= 11 is 0. The Morgan fingerprint density at radius 3 is 2.68 bits per heavy atom. The zero-order chi connectivity index (χ0) is 13.2. The van der Waals surface area contributed by atoms with Crippen molar-refractivity contribution in [2.75, 3.05) is 26.2 Å². The minimum Gasteiger partial charge on any atom is -0.342 e. The number of rotatable bonds is 3. The quantitative estimate of drug-likeness (QED) is 0.782. The number of carbonyl (C=O) groups excluding carboxylic acids is 1. The van der Waals surface area contributed by atoms with Gasteiger partial charge in [-0.15, -0.1) is 0 Å². The summed E-state index contributed by atoms with van der Waals surface area (Å²) in [6.07, 6.45) is 8.49. The SMILES string of the molecule is CC1CCCN(C2CCC(=O)N(CC3CC3)CC2)C1. The highest BCUT2D eigenvalue weighted by Crippen LogP contribution is 2.31. The monoisotopic (exact) mass is 264 g/mol. The van der Waals surface area contributed by atoms with Crippen LogP contribution in [0.2, 0.25) is 0 Å². The summed E-state index contributed by atoms with van der Waals surface area (Å²) in [7, 11) is 0. The van der Waals surface area contributed by atoms with Crippen molar-refractivity contribution in [1.82, 2.24) is 9.80 Å². The van der Waals surface area contributed by atoms with Gasteiger partial charge in [0.1, 0.15) is 0 Å². The van der Waals surface area contributed by atoms with E-state index in [0.717, 1.165) is 37.8 Å². The van der Waals surface area contributed by atoms with Crippen molar-refractivity contribution >= 4 is 5.91 Å². The van der Waals surface area contributed by atoms with Gasteiger partial charge in [0.05, 0.1) is 0 Å². The minimum atomic E-state index is 0.416. The molecule has 2 heterocycles. The first-order valence-corrected chi connectivity index (χ1v) is 8.24. The largest absolute Gasteiger partial charge is 0.342 e. The molecule has 0 aromatic rings. The Morgan fingerprint density at radius 1 is 1.11 bits per heavy atom. The fourth-order valence-corrected chi connectivity index (χ4v) is 3.75. The fourth-order valence-electron chi connectivity index (χ4n) is 3.75. The summed E-state index contributed by atoms with van der Waals surface area (Å²) in [5.41, 5.74) is 0. The molecule has 2 saturated heterocycles. The number of likely N-dealkylation sites (tertiary alicyclic amines) is 2. The van der Waals surface area contributed by atoms with Crippen LogP contribution < -0.4 is 0 Å². The molecule has 0 N–H and O–H groups in total. The summed E-state index contributed by atoms with van der Waals surface area (Å²) in [5, 5.41) is 0. The molecule has 1 aliphatic carbocycles. The molecule has 3 fully saturated rings. The van der Waals surface area contributed by atoms with E-state index in [1.807, 2.05) is 0 Å². The average molecular weight is 264 g/mol. The predicted octanol–water partition coefficient (Wildman–Crippen LogP) is 2.51.